The zero-order chi connectivity index (χ0) is 12.7. The lowest BCUT2D eigenvalue weighted by Crippen LogP contribution is -2.01. The van der Waals surface area contributed by atoms with Crippen LogP contribution in [0.2, 0.25) is 0 Å². The van der Waals surface area contributed by atoms with Crippen LogP contribution in [0.4, 0.5) is 4.39 Å². The number of furan rings is 1. The maximum absolute atomic E-state index is 13.5. The lowest BCUT2D eigenvalue weighted by atomic mass is 10.1. The van der Waals surface area contributed by atoms with E-state index in [4.69, 9.17) is 4.42 Å². The van der Waals surface area contributed by atoms with Crippen LogP contribution in [0.25, 0.3) is 0 Å². The first-order valence-corrected chi connectivity index (χ1v) is 6.04. The van der Waals surface area contributed by atoms with Gasteiger partial charge in [-0.1, -0.05) is 6.92 Å². The van der Waals surface area contributed by atoms with E-state index < -0.39 is 11.9 Å². The summed E-state index contributed by atoms with van der Waals surface area (Å²) >= 11 is 0. The standard InChI is InChI=1S/C14H14FNO2/c1-8-6-10(8)12-2-3-13(18-12)14(17)9-4-5-16-7-11(9)15/h2-5,7-8,10,14,17H,6H2,1H3. The van der Waals surface area contributed by atoms with Crippen LogP contribution in [-0.2, 0) is 0 Å². The molecule has 0 aromatic carbocycles. The molecule has 1 N–H and O–H groups in total. The average molecular weight is 247 g/mol. The van der Waals surface area contributed by atoms with Crippen LogP contribution in [0.3, 0.4) is 0 Å². The molecule has 0 spiro atoms. The van der Waals surface area contributed by atoms with Crippen LogP contribution < -0.4 is 0 Å². The van der Waals surface area contributed by atoms with Gasteiger partial charge in [0.25, 0.3) is 0 Å². The number of aromatic nitrogens is 1. The second-order valence-electron chi connectivity index (χ2n) is 4.86. The van der Waals surface area contributed by atoms with Crippen molar-refractivity contribution in [2.75, 3.05) is 0 Å². The monoisotopic (exact) mass is 247 g/mol. The largest absolute Gasteiger partial charge is 0.463 e. The minimum Gasteiger partial charge on any atom is -0.463 e. The second kappa shape index (κ2) is 4.21. The van der Waals surface area contributed by atoms with Crippen LogP contribution >= 0.6 is 0 Å². The predicted octanol–water partition coefficient (Wildman–Crippen LogP) is 3.02. The summed E-state index contributed by atoms with van der Waals surface area (Å²) in [5.41, 5.74) is 0.190. The third-order valence-corrected chi connectivity index (χ3v) is 3.49. The molecule has 3 rings (SSSR count). The molecule has 1 aliphatic carbocycles. The molecule has 3 unspecified atom stereocenters. The van der Waals surface area contributed by atoms with Crippen molar-refractivity contribution in [3.8, 4) is 0 Å². The smallest absolute Gasteiger partial charge is 0.147 e. The minimum absolute atomic E-state index is 0.190. The van der Waals surface area contributed by atoms with Gasteiger partial charge in [-0.2, -0.15) is 0 Å². The maximum Gasteiger partial charge on any atom is 0.147 e. The van der Waals surface area contributed by atoms with Gasteiger partial charge in [0.1, 0.15) is 23.4 Å². The van der Waals surface area contributed by atoms with Crippen molar-refractivity contribution < 1.29 is 13.9 Å². The summed E-state index contributed by atoms with van der Waals surface area (Å²) < 4.78 is 19.1. The van der Waals surface area contributed by atoms with Crippen molar-refractivity contribution in [3.63, 3.8) is 0 Å². The SMILES string of the molecule is CC1CC1c1ccc(C(O)c2ccncc2F)o1. The van der Waals surface area contributed by atoms with E-state index in [-0.39, 0.29) is 5.56 Å². The Balaban J connectivity index is 1.86. The van der Waals surface area contributed by atoms with Crippen molar-refractivity contribution >= 4 is 0 Å². The van der Waals surface area contributed by atoms with Crippen LogP contribution in [0.1, 0.15) is 42.5 Å². The fourth-order valence-electron chi connectivity index (χ4n) is 2.19. The zero-order valence-electron chi connectivity index (χ0n) is 10.0. The molecule has 1 fully saturated rings. The van der Waals surface area contributed by atoms with E-state index >= 15 is 0 Å². The highest BCUT2D eigenvalue weighted by Gasteiger charge is 2.37. The van der Waals surface area contributed by atoms with Crippen LogP contribution in [0, 0.1) is 11.7 Å². The Morgan fingerprint density at radius 3 is 2.89 bits per heavy atom. The van der Waals surface area contributed by atoms with Crippen molar-refractivity contribution in [1.82, 2.24) is 4.98 Å². The zero-order valence-corrected chi connectivity index (χ0v) is 10.0. The Hall–Kier alpha value is -1.68. The number of halogens is 1. The highest BCUT2D eigenvalue weighted by atomic mass is 19.1. The molecule has 2 aromatic heterocycles. The molecule has 4 heteroatoms. The van der Waals surface area contributed by atoms with Crippen molar-refractivity contribution in [1.29, 1.82) is 0 Å². The number of pyridine rings is 1. The van der Waals surface area contributed by atoms with Crippen molar-refractivity contribution in [2.24, 2.45) is 5.92 Å². The molecule has 0 bridgehead atoms. The molecule has 0 aliphatic heterocycles. The molecule has 0 radical (unpaired) electrons. The average Bonchev–Trinajstić information content (AvgIpc) is 2.92. The Bertz CT molecular complexity index is 566. The maximum atomic E-state index is 13.5. The third kappa shape index (κ3) is 1.93. The van der Waals surface area contributed by atoms with E-state index in [9.17, 15) is 9.50 Å². The normalized spacial score (nSPS) is 23.9. The lowest BCUT2D eigenvalue weighted by molar-refractivity contribution is 0.182. The molecule has 2 aromatic rings. The molecule has 94 valence electrons. The summed E-state index contributed by atoms with van der Waals surface area (Å²) in [4.78, 5) is 3.66. The van der Waals surface area contributed by atoms with Gasteiger partial charge in [0.2, 0.25) is 0 Å². The molecular weight excluding hydrogens is 233 g/mol. The van der Waals surface area contributed by atoms with E-state index in [1.807, 2.05) is 6.07 Å². The van der Waals surface area contributed by atoms with Gasteiger partial charge in [0.05, 0.1) is 6.20 Å². The summed E-state index contributed by atoms with van der Waals surface area (Å²) in [6, 6.07) is 5.04. The summed E-state index contributed by atoms with van der Waals surface area (Å²) in [6.45, 7) is 2.16. The summed E-state index contributed by atoms with van der Waals surface area (Å²) in [5.74, 6) is 1.83. The molecule has 2 heterocycles. The Morgan fingerprint density at radius 1 is 1.44 bits per heavy atom. The van der Waals surface area contributed by atoms with Crippen LogP contribution in [-0.4, -0.2) is 10.1 Å². The van der Waals surface area contributed by atoms with Gasteiger partial charge in [-0.25, -0.2) is 4.39 Å². The minimum atomic E-state index is -1.07. The number of hydrogen-bond acceptors (Lipinski definition) is 3. The number of nitrogens with zero attached hydrogens (tertiary/aromatic N) is 1. The topological polar surface area (TPSA) is 46.3 Å². The predicted molar refractivity (Wildman–Crippen MR) is 63.5 cm³/mol. The molecule has 18 heavy (non-hydrogen) atoms. The molecule has 1 saturated carbocycles. The Labute approximate surface area is 104 Å². The fourth-order valence-corrected chi connectivity index (χ4v) is 2.19. The third-order valence-electron chi connectivity index (χ3n) is 3.49. The van der Waals surface area contributed by atoms with Gasteiger partial charge in [-0.05, 0) is 30.5 Å². The van der Waals surface area contributed by atoms with E-state index in [1.165, 1.54) is 12.3 Å². The summed E-state index contributed by atoms with van der Waals surface area (Å²) in [7, 11) is 0. The number of rotatable bonds is 3. The molecular formula is C14H14FNO2. The van der Waals surface area contributed by atoms with Crippen LogP contribution in [0.15, 0.2) is 35.0 Å². The number of aliphatic hydroxyl groups excluding tert-OH is 1. The Kier molecular flexibility index (Phi) is 2.67. The van der Waals surface area contributed by atoms with E-state index in [2.05, 4.69) is 11.9 Å². The number of aliphatic hydroxyl groups is 1. The van der Waals surface area contributed by atoms with Gasteiger partial charge in [0, 0.05) is 17.7 Å². The fraction of sp³-hybridized carbons (Fsp3) is 0.357. The molecule has 0 saturated heterocycles. The van der Waals surface area contributed by atoms with Gasteiger partial charge in [0.15, 0.2) is 0 Å². The first-order chi connectivity index (χ1) is 8.66. The van der Waals surface area contributed by atoms with Gasteiger partial charge in [-0.3, -0.25) is 4.98 Å². The van der Waals surface area contributed by atoms with Crippen molar-refractivity contribution in [2.45, 2.75) is 25.4 Å². The molecule has 1 aliphatic rings. The van der Waals surface area contributed by atoms with Gasteiger partial charge < -0.3 is 9.52 Å². The summed E-state index contributed by atoms with van der Waals surface area (Å²) in [6.07, 6.45) is 2.59. The van der Waals surface area contributed by atoms with E-state index in [0.717, 1.165) is 18.4 Å². The van der Waals surface area contributed by atoms with Gasteiger partial charge in [-0.15, -0.1) is 0 Å². The van der Waals surface area contributed by atoms with E-state index in [1.54, 1.807) is 6.07 Å². The van der Waals surface area contributed by atoms with Gasteiger partial charge >= 0.3 is 0 Å². The first kappa shape index (κ1) is 11.4. The quantitative estimate of drug-likeness (QED) is 0.906. The first-order valence-electron chi connectivity index (χ1n) is 6.04. The molecule has 0 amide bonds. The lowest BCUT2D eigenvalue weighted by Gasteiger charge is -2.08. The molecule has 3 atom stereocenters. The Morgan fingerprint density at radius 2 is 2.22 bits per heavy atom. The van der Waals surface area contributed by atoms with Crippen LogP contribution in [0.5, 0.6) is 0 Å². The number of hydrogen-bond donors (Lipinski definition) is 1. The molecule has 3 nitrogen and oxygen atoms in total. The highest BCUT2D eigenvalue weighted by molar-refractivity contribution is 5.26. The highest BCUT2D eigenvalue weighted by Crippen LogP contribution is 2.47. The summed E-state index contributed by atoms with van der Waals surface area (Å²) in [5, 5.41) is 10.1. The van der Waals surface area contributed by atoms with E-state index in [0.29, 0.717) is 17.6 Å². The van der Waals surface area contributed by atoms with Crippen molar-refractivity contribution in [3.05, 3.63) is 53.5 Å². The second-order valence-corrected chi connectivity index (χ2v) is 4.86.